The number of hydrogen-bond acceptors (Lipinski definition) is 4. The van der Waals surface area contributed by atoms with Crippen LogP contribution >= 0.6 is 15.9 Å². The Morgan fingerprint density at radius 2 is 1.90 bits per heavy atom. The second kappa shape index (κ2) is 7.75. The van der Waals surface area contributed by atoms with Gasteiger partial charge in [0.05, 0.1) is 12.6 Å². The molecular formula is C22H22BrN3O4. The Bertz CT molecular complexity index is 1020. The Morgan fingerprint density at radius 1 is 1.17 bits per heavy atom. The highest BCUT2D eigenvalue weighted by Gasteiger charge is 2.50. The highest BCUT2D eigenvalue weighted by atomic mass is 79.9. The van der Waals surface area contributed by atoms with Gasteiger partial charge in [0.15, 0.2) is 5.54 Å². The SMILES string of the molecule is CCC(C)Oc1ccc2c(c1)CN(C[C@@]1(c3ccc(Br)cc3)NC(=O)NC1=O)C2=O. The van der Waals surface area contributed by atoms with Gasteiger partial charge in [0.1, 0.15) is 5.75 Å². The van der Waals surface area contributed by atoms with Crippen LogP contribution in [0, 0.1) is 0 Å². The summed E-state index contributed by atoms with van der Waals surface area (Å²) in [5.74, 6) is 0.0668. The number of carbonyl (C=O) groups excluding carboxylic acids is 3. The monoisotopic (exact) mass is 471 g/mol. The quantitative estimate of drug-likeness (QED) is 0.632. The average Bonchev–Trinajstić information content (AvgIpc) is 3.18. The van der Waals surface area contributed by atoms with Crippen LogP contribution in [0.1, 0.15) is 41.8 Å². The molecule has 2 heterocycles. The van der Waals surface area contributed by atoms with Crippen molar-refractivity contribution in [2.75, 3.05) is 6.54 Å². The number of amides is 4. The third-order valence-electron chi connectivity index (χ3n) is 5.57. The number of ether oxygens (including phenoxy) is 1. The number of nitrogens with one attached hydrogen (secondary N) is 2. The van der Waals surface area contributed by atoms with Crippen LogP contribution in [-0.4, -0.2) is 35.4 Å². The number of halogens is 1. The van der Waals surface area contributed by atoms with Crippen LogP contribution in [0.4, 0.5) is 4.79 Å². The normalized spacial score (nSPS) is 21.3. The Hall–Kier alpha value is -2.87. The summed E-state index contributed by atoms with van der Waals surface area (Å²) in [7, 11) is 0. The molecule has 0 saturated carbocycles. The molecule has 156 valence electrons. The van der Waals surface area contributed by atoms with Crippen molar-refractivity contribution in [1.82, 2.24) is 15.5 Å². The zero-order valence-electron chi connectivity index (χ0n) is 16.7. The van der Waals surface area contributed by atoms with Crippen LogP contribution in [0.5, 0.6) is 5.75 Å². The minimum absolute atomic E-state index is 0.0290. The van der Waals surface area contributed by atoms with Crippen LogP contribution in [0.15, 0.2) is 46.9 Å². The molecule has 2 aliphatic rings. The highest BCUT2D eigenvalue weighted by molar-refractivity contribution is 9.10. The number of carbonyl (C=O) groups is 3. The van der Waals surface area contributed by atoms with E-state index in [1.165, 1.54) is 0 Å². The van der Waals surface area contributed by atoms with Gasteiger partial charge in [-0.15, -0.1) is 0 Å². The van der Waals surface area contributed by atoms with Crippen molar-refractivity contribution in [3.8, 4) is 5.75 Å². The molecule has 0 aliphatic carbocycles. The van der Waals surface area contributed by atoms with Crippen molar-refractivity contribution in [2.45, 2.75) is 38.5 Å². The molecule has 0 bridgehead atoms. The van der Waals surface area contributed by atoms with Crippen LogP contribution in [0.2, 0.25) is 0 Å². The standard InChI is InChI=1S/C22H22BrN3O4/c1-3-13(2)30-17-8-9-18-14(10-17)11-26(19(18)27)12-22(20(28)24-21(29)25-22)15-4-6-16(23)7-5-15/h4-10,13H,3,11-12H2,1-2H3,(H2,24,25,28,29)/t13?,22-/m0/s1. The van der Waals surface area contributed by atoms with E-state index in [4.69, 9.17) is 4.74 Å². The lowest BCUT2D eigenvalue weighted by atomic mass is 9.89. The maximum atomic E-state index is 13.0. The molecule has 1 saturated heterocycles. The molecule has 8 heteroatoms. The summed E-state index contributed by atoms with van der Waals surface area (Å²) in [5.41, 5.74) is 0.697. The maximum absolute atomic E-state index is 13.0. The van der Waals surface area contributed by atoms with Gasteiger partial charge in [0.2, 0.25) is 0 Å². The number of hydrogen-bond donors (Lipinski definition) is 2. The molecular weight excluding hydrogens is 450 g/mol. The summed E-state index contributed by atoms with van der Waals surface area (Å²) in [5, 5.41) is 5.05. The van der Waals surface area contributed by atoms with Crippen molar-refractivity contribution >= 4 is 33.8 Å². The van der Waals surface area contributed by atoms with E-state index in [0.29, 0.717) is 23.4 Å². The first-order chi connectivity index (χ1) is 14.3. The van der Waals surface area contributed by atoms with Crippen molar-refractivity contribution in [2.24, 2.45) is 0 Å². The average molecular weight is 472 g/mol. The molecule has 2 aromatic rings. The Balaban J connectivity index is 1.62. The van der Waals surface area contributed by atoms with E-state index < -0.39 is 17.5 Å². The first-order valence-corrected chi connectivity index (χ1v) is 10.6. The van der Waals surface area contributed by atoms with E-state index in [-0.39, 0.29) is 18.6 Å². The molecule has 0 aromatic heterocycles. The first kappa shape index (κ1) is 20.4. The fourth-order valence-electron chi connectivity index (χ4n) is 3.79. The molecule has 4 rings (SSSR count). The summed E-state index contributed by atoms with van der Waals surface area (Å²) >= 11 is 3.38. The number of rotatable bonds is 6. The Kier molecular flexibility index (Phi) is 5.27. The Labute approximate surface area is 182 Å². The predicted octanol–water partition coefficient (Wildman–Crippen LogP) is 3.32. The zero-order valence-corrected chi connectivity index (χ0v) is 18.3. The number of imide groups is 1. The van der Waals surface area contributed by atoms with Gasteiger partial charge in [-0.2, -0.15) is 0 Å². The molecule has 2 aliphatic heterocycles. The van der Waals surface area contributed by atoms with Crippen LogP contribution in [-0.2, 0) is 16.9 Å². The summed E-state index contributed by atoms with van der Waals surface area (Å²) in [4.78, 5) is 39.4. The van der Waals surface area contributed by atoms with Gasteiger partial charge >= 0.3 is 6.03 Å². The summed E-state index contributed by atoms with van der Waals surface area (Å²) in [6.45, 7) is 4.41. The van der Waals surface area contributed by atoms with E-state index in [2.05, 4.69) is 26.6 Å². The second-order valence-electron chi connectivity index (χ2n) is 7.64. The number of benzene rings is 2. The predicted molar refractivity (Wildman–Crippen MR) is 114 cm³/mol. The molecule has 2 atom stereocenters. The smallest absolute Gasteiger partial charge is 0.322 e. The topological polar surface area (TPSA) is 87.7 Å². The van der Waals surface area contributed by atoms with Crippen molar-refractivity contribution in [3.05, 3.63) is 63.6 Å². The van der Waals surface area contributed by atoms with Gasteiger partial charge in [-0.25, -0.2) is 4.79 Å². The Morgan fingerprint density at radius 3 is 2.53 bits per heavy atom. The highest BCUT2D eigenvalue weighted by Crippen LogP contribution is 2.33. The largest absolute Gasteiger partial charge is 0.491 e. The van der Waals surface area contributed by atoms with E-state index in [9.17, 15) is 14.4 Å². The van der Waals surface area contributed by atoms with Crippen molar-refractivity contribution < 1.29 is 19.1 Å². The number of fused-ring (bicyclic) bond motifs is 1. The fourth-order valence-corrected chi connectivity index (χ4v) is 4.06. The van der Waals surface area contributed by atoms with E-state index in [1.807, 2.05) is 19.9 Å². The van der Waals surface area contributed by atoms with Gasteiger partial charge < -0.3 is 15.0 Å². The van der Waals surface area contributed by atoms with Gasteiger partial charge in [-0.3, -0.25) is 14.9 Å². The number of nitrogens with zero attached hydrogens (tertiary/aromatic N) is 1. The third-order valence-corrected chi connectivity index (χ3v) is 6.10. The van der Waals surface area contributed by atoms with Gasteiger partial charge in [0, 0.05) is 16.6 Å². The van der Waals surface area contributed by atoms with Gasteiger partial charge in [-0.05, 0) is 54.8 Å². The third kappa shape index (κ3) is 3.56. The lowest BCUT2D eigenvalue weighted by molar-refractivity contribution is -0.124. The molecule has 1 fully saturated rings. The van der Waals surface area contributed by atoms with Crippen LogP contribution in [0.25, 0.3) is 0 Å². The van der Waals surface area contributed by atoms with E-state index >= 15 is 0 Å². The van der Waals surface area contributed by atoms with E-state index in [0.717, 1.165) is 16.5 Å². The van der Waals surface area contributed by atoms with E-state index in [1.54, 1.807) is 41.3 Å². The number of urea groups is 1. The maximum Gasteiger partial charge on any atom is 0.322 e. The van der Waals surface area contributed by atoms with Crippen LogP contribution in [0.3, 0.4) is 0 Å². The lowest BCUT2D eigenvalue weighted by Crippen LogP contribution is -2.52. The second-order valence-corrected chi connectivity index (χ2v) is 8.55. The molecule has 0 radical (unpaired) electrons. The van der Waals surface area contributed by atoms with Crippen molar-refractivity contribution in [1.29, 1.82) is 0 Å². The molecule has 30 heavy (non-hydrogen) atoms. The summed E-state index contributed by atoms with van der Waals surface area (Å²) in [6.07, 6.45) is 0.960. The fraction of sp³-hybridized carbons (Fsp3) is 0.318. The van der Waals surface area contributed by atoms with Gasteiger partial charge in [0.25, 0.3) is 11.8 Å². The lowest BCUT2D eigenvalue weighted by Gasteiger charge is -2.31. The summed E-state index contributed by atoms with van der Waals surface area (Å²) in [6, 6.07) is 12.0. The minimum atomic E-state index is -1.34. The molecule has 1 unspecified atom stereocenters. The molecule has 7 nitrogen and oxygen atoms in total. The molecule has 4 amide bonds. The van der Waals surface area contributed by atoms with Crippen LogP contribution < -0.4 is 15.4 Å². The molecule has 0 spiro atoms. The van der Waals surface area contributed by atoms with Crippen molar-refractivity contribution in [3.63, 3.8) is 0 Å². The zero-order chi connectivity index (χ0) is 21.5. The first-order valence-electron chi connectivity index (χ1n) is 9.81. The van der Waals surface area contributed by atoms with Gasteiger partial charge in [-0.1, -0.05) is 35.0 Å². The summed E-state index contributed by atoms with van der Waals surface area (Å²) < 4.78 is 6.72. The molecule has 2 N–H and O–H groups in total. The molecule has 2 aromatic carbocycles. The minimum Gasteiger partial charge on any atom is -0.491 e.